The van der Waals surface area contributed by atoms with Crippen LogP contribution in [0.3, 0.4) is 0 Å². The van der Waals surface area contributed by atoms with Crippen LogP contribution >= 0.6 is 0 Å². The summed E-state index contributed by atoms with van der Waals surface area (Å²) in [5.41, 5.74) is 2.14. The predicted molar refractivity (Wildman–Crippen MR) is 102 cm³/mol. The van der Waals surface area contributed by atoms with Crippen LogP contribution in [-0.4, -0.2) is 45.8 Å². The Bertz CT molecular complexity index is 959. The highest BCUT2D eigenvalue weighted by molar-refractivity contribution is 6.23. The van der Waals surface area contributed by atoms with Crippen molar-refractivity contribution in [2.45, 2.75) is 31.7 Å². The second-order valence-electron chi connectivity index (χ2n) is 7.75. The number of carbonyl (C=O) groups is 4. The van der Waals surface area contributed by atoms with Crippen LogP contribution in [0.15, 0.2) is 29.4 Å². The number of hydrogen-bond acceptors (Lipinski definition) is 7. The van der Waals surface area contributed by atoms with E-state index in [2.05, 4.69) is 15.8 Å². The summed E-state index contributed by atoms with van der Waals surface area (Å²) in [5, 5.41) is 16.5. The number of nitro benzene ring substituents is 1. The lowest BCUT2D eigenvalue weighted by Crippen LogP contribution is -2.62. The molecule has 5 amide bonds. The number of imide groups is 2. The van der Waals surface area contributed by atoms with Gasteiger partial charge in [0, 0.05) is 30.0 Å². The van der Waals surface area contributed by atoms with Gasteiger partial charge in [0.1, 0.15) is 0 Å². The first-order chi connectivity index (χ1) is 14.3. The second kappa shape index (κ2) is 7.65. The van der Waals surface area contributed by atoms with Gasteiger partial charge in [-0.15, -0.1) is 0 Å². The molecule has 1 heterocycles. The van der Waals surface area contributed by atoms with Crippen molar-refractivity contribution in [3.8, 4) is 0 Å². The highest BCUT2D eigenvalue weighted by atomic mass is 16.6. The van der Waals surface area contributed by atoms with E-state index in [0.29, 0.717) is 5.92 Å². The summed E-state index contributed by atoms with van der Waals surface area (Å²) in [6, 6.07) is 3.95. The molecule has 1 aromatic carbocycles. The molecule has 4 atom stereocenters. The number of rotatable bonds is 5. The van der Waals surface area contributed by atoms with Crippen molar-refractivity contribution in [3.63, 3.8) is 0 Å². The van der Waals surface area contributed by atoms with Crippen molar-refractivity contribution in [2.75, 3.05) is 0 Å². The molecule has 2 N–H and O–H groups in total. The number of barbiturate groups is 1. The van der Waals surface area contributed by atoms with Crippen LogP contribution in [0.1, 0.15) is 36.0 Å². The Morgan fingerprint density at radius 1 is 1.20 bits per heavy atom. The maximum Gasteiger partial charge on any atom is 0.331 e. The van der Waals surface area contributed by atoms with Crippen molar-refractivity contribution in [3.05, 3.63) is 39.9 Å². The van der Waals surface area contributed by atoms with Crippen molar-refractivity contribution in [2.24, 2.45) is 22.9 Å². The molecule has 4 rings (SSSR count). The maximum absolute atomic E-state index is 12.8. The summed E-state index contributed by atoms with van der Waals surface area (Å²) in [4.78, 5) is 60.6. The van der Waals surface area contributed by atoms with Gasteiger partial charge in [-0.25, -0.2) is 10.2 Å². The van der Waals surface area contributed by atoms with Gasteiger partial charge >= 0.3 is 6.03 Å². The van der Waals surface area contributed by atoms with Gasteiger partial charge in [0.05, 0.1) is 4.92 Å². The summed E-state index contributed by atoms with van der Waals surface area (Å²) in [6.07, 6.45) is 4.79. The third-order valence-corrected chi connectivity index (χ3v) is 6.00. The molecule has 3 aliphatic rings. The fraction of sp³-hybridized carbons (Fsp3) is 0.421. The van der Waals surface area contributed by atoms with Crippen molar-refractivity contribution in [1.82, 2.24) is 15.6 Å². The van der Waals surface area contributed by atoms with Crippen LogP contribution in [0.2, 0.25) is 0 Å². The van der Waals surface area contributed by atoms with Crippen LogP contribution in [0.4, 0.5) is 10.5 Å². The SMILES string of the molecule is O=C(N/N=C\[C@H]1C(=O)NC(=O)N([C@H]2C[C@H]3CC[C@H]2C3)C1=O)c1ccc([N+](=O)[O-])cc1. The minimum atomic E-state index is -1.32. The van der Waals surface area contributed by atoms with Gasteiger partial charge in [-0.3, -0.25) is 34.7 Å². The number of hydrazone groups is 1. The van der Waals surface area contributed by atoms with Gasteiger partial charge in [-0.2, -0.15) is 5.10 Å². The van der Waals surface area contributed by atoms with E-state index in [1.165, 1.54) is 24.3 Å². The third-order valence-electron chi connectivity index (χ3n) is 6.00. The Kier molecular flexibility index (Phi) is 5.02. The van der Waals surface area contributed by atoms with E-state index in [0.717, 1.165) is 36.8 Å². The first-order valence-corrected chi connectivity index (χ1v) is 9.61. The quantitative estimate of drug-likeness (QED) is 0.320. The van der Waals surface area contributed by atoms with Crippen molar-refractivity contribution < 1.29 is 24.1 Å². The van der Waals surface area contributed by atoms with Crippen LogP contribution in [0.25, 0.3) is 0 Å². The molecule has 11 heteroatoms. The molecule has 30 heavy (non-hydrogen) atoms. The molecule has 0 unspecified atom stereocenters. The summed E-state index contributed by atoms with van der Waals surface area (Å²) in [6.45, 7) is 0. The van der Waals surface area contributed by atoms with Crippen molar-refractivity contribution in [1.29, 1.82) is 0 Å². The summed E-state index contributed by atoms with van der Waals surface area (Å²) < 4.78 is 0. The first kappa shape index (κ1) is 19.7. The van der Waals surface area contributed by atoms with Gasteiger partial charge in [0.15, 0.2) is 5.92 Å². The molecular weight excluding hydrogens is 394 g/mol. The number of fused-ring (bicyclic) bond motifs is 2. The monoisotopic (exact) mass is 413 g/mol. The predicted octanol–water partition coefficient (Wildman–Crippen LogP) is 1.19. The minimum Gasteiger partial charge on any atom is -0.277 e. The number of non-ortho nitro benzene ring substituents is 1. The number of nitro groups is 1. The van der Waals surface area contributed by atoms with E-state index in [4.69, 9.17) is 0 Å². The average Bonchev–Trinajstić information content (AvgIpc) is 3.34. The van der Waals surface area contributed by atoms with Gasteiger partial charge < -0.3 is 0 Å². The molecule has 1 aromatic rings. The van der Waals surface area contributed by atoms with E-state index >= 15 is 0 Å². The Morgan fingerprint density at radius 3 is 2.53 bits per heavy atom. The van der Waals surface area contributed by atoms with Crippen LogP contribution in [-0.2, 0) is 9.59 Å². The molecule has 3 fully saturated rings. The van der Waals surface area contributed by atoms with E-state index in [1.54, 1.807) is 0 Å². The van der Waals surface area contributed by atoms with Crippen LogP contribution in [0, 0.1) is 27.9 Å². The summed E-state index contributed by atoms with van der Waals surface area (Å²) in [7, 11) is 0. The smallest absolute Gasteiger partial charge is 0.277 e. The zero-order valence-electron chi connectivity index (χ0n) is 15.8. The zero-order valence-corrected chi connectivity index (χ0v) is 15.8. The Morgan fingerprint density at radius 2 is 1.93 bits per heavy atom. The average molecular weight is 413 g/mol. The highest BCUT2D eigenvalue weighted by Crippen LogP contribution is 2.47. The summed E-state index contributed by atoms with van der Waals surface area (Å²) >= 11 is 0. The fourth-order valence-electron chi connectivity index (χ4n) is 4.55. The molecule has 1 saturated heterocycles. The zero-order chi connectivity index (χ0) is 21.4. The number of benzene rings is 1. The largest absolute Gasteiger partial charge is 0.331 e. The number of nitrogens with zero attached hydrogens (tertiary/aromatic N) is 3. The lowest BCUT2D eigenvalue weighted by Gasteiger charge is -2.36. The lowest BCUT2D eigenvalue weighted by molar-refractivity contribution is -0.384. The van der Waals surface area contributed by atoms with Gasteiger partial charge in [-0.1, -0.05) is 6.42 Å². The number of carbonyl (C=O) groups excluding carboxylic acids is 4. The van der Waals surface area contributed by atoms with Crippen LogP contribution < -0.4 is 10.7 Å². The normalized spacial score (nSPS) is 28.1. The van der Waals surface area contributed by atoms with E-state index in [-0.39, 0.29) is 23.2 Å². The molecule has 0 spiro atoms. The lowest BCUT2D eigenvalue weighted by atomic mass is 9.92. The Hall–Kier alpha value is -3.63. The number of hydrogen-bond donors (Lipinski definition) is 2. The number of nitrogens with one attached hydrogen (secondary N) is 2. The molecule has 2 aliphatic carbocycles. The van der Waals surface area contributed by atoms with Gasteiger partial charge in [0.25, 0.3) is 11.6 Å². The molecule has 11 nitrogen and oxygen atoms in total. The molecule has 1 aliphatic heterocycles. The molecule has 2 bridgehead atoms. The minimum absolute atomic E-state index is 0.121. The van der Waals surface area contributed by atoms with Crippen molar-refractivity contribution >= 4 is 35.7 Å². The van der Waals surface area contributed by atoms with Gasteiger partial charge in [0.2, 0.25) is 11.8 Å². The van der Waals surface area contributed by atoms with E-state index in [1.807, 2.05) is 0 Å². The Balaban J connectivity index is 1.42. The fourth-order valence-corrected chi connectivity index (χ4v) is 4.55. The maximum atomic E-state index is 12.8. The van der Waals surface area contributed by atoms with E-state index < -0.39 is 34.6 Å². The highest BCUT2D eigenvalue weighted by Gasteiger charge is 2.50. The standard InChI is InChI=1S/C19H19N5O6/c25-16(11-3-5-13(6-4-11)24(29)30)22-20-9-14-17(26)21-19(28)23(18(14)27)15-8-10-1-2-12(15)7-10/h3-6,9-10,12,14-15H,1-2,7-8H2,(H,22,25)(H,21,26,28)/b20-9-/t10-,12-,14-,15-/m0/s1. The topological polar surface area (TPSA) is 151 Å². The molecule has 2 saturated carbocycles. The van der Waals surface area contributed by atoms with E-state index in [9.17, 15) is 29.3 Å². The van der Waals surface area contributed by atoms with Gasteiger partial charge in [-0.05, 0) is 43.2 Å². The second-order valence-corrected chi connectivity index (χ2v) is 7.75. The molecule has 156 valence electrons. The Labute approximate surface area is 170 Å². The summed E-state index contributed by atoms with van der Waals surface area (Å²) in [5.74, 6) is -2.65. The first-order valence-electron chi connectivity index (χ1n) is 9.61. The molecule has 0 aromatic heterocycles. The molecular formula is C19H19N5O6. The number of amides is 5. The number of urea groups is 1. The third kappa shape index (κ3) is 3.53. The molecule has 0 radical (unpaired) electrons. The van der Waals surface area contributed by atoms with Crippen LogP contribution in [0.5, 0.6) is 0 Å².